The first kappa shape index (κ1) is 9.80. The van der Waals surface area contributed by atoms with Crippen molar-refractivity contribution in [1.29, 1.82) is 0 Å². The van der Waals surface area contributed by atoms with Crippen molar-refractivity contribution in [2.45, 2.75) is 32.2 Å². The largest absolute Gasteiger partial charge is 0.325 e. The van der Waals surface area contributed by atoms with Gasteiger partial charge in [-0.1, -0.05) is 19.3 Å². The number of aromatic nitrogens is 1. The third-order valence-corrected chi connectivity index (χ3v) is 3.58. The number of rotatable bonds is 4. The normalized spacial score (nSPS) is 16.6. The number of Topliss-reactive ketones (excluding diaryl/α,β-unsaturated/α-hetero) is 1. The third kappa shape index (κ3) is 2.01. The Balaban J connectivity index is 1.95. The molecule has 0 bridgehead atoms. The van der Waals surface area contributed by atoms with Gasteiger partial charge in [-0.15, -0.1) is 11.3 Å². The zero-order valence-electron chi connectivity index (χ0n) is 8.03. The highest BCUT2D eigenvalue weighted by atomic mass is 32.1. The quantitative estimate of drug-likeness (QED) is 0.773. The van der Waals surface area contributed by atoms with Crippen molar-refractivity contribution < 1.29 is 4.79 Å². The lowest BCUT2D eigenvalue weighted by Crippen LogP contribution is -2.16. The van der Waals surface area contributed by atoms with Crippen molar-refractivity contribution in [2.24, 2.45) is 11.7 Å². The first-order valence-electron chi connectivity index (χ1n) is 4.97. The lowest BCUT2D eigenvalue weighted by molar-refractivity contribution is 0.0932. The number of nitrogens with zero attached hydrogens (tertiary/aromatic N) is 1. The van der Waals surface area contributed by atoms with Crippen LogP contribution in [-0.2, 0) is 6.54 Å². The molecule has 1 aromatic rings. The van der Waals surface area contributed by atoms with E-state index >= 15 is 0 Å². The molecular formula is C10H14N2OS. The number of ketones is 1. The smallest absolute Gasteiger partial charge is 0.182 e. The molecule has 0 aliphatic heterocycles. The maximum atomic E-state index is 11.7. The van der Waals surface area contributed by atoms with Gasteiger partial charge in [-0.05, 0) is 5.92 Å². The van der Waals surface area contributed by atoms with Crippen LogP contribution in [0.3, 0.4) is 0 Å². The summed E-state index contributed by atoms with van der Waals surface area (Å²) in [4.78, 5) is 15.9. The summed E-state index contributed by atoms with van der Waals surface area (Å²) in [7, 11) is 0. The Morgan fingerprint density at radius 3 is 2.93 bits per heavy atom. The summed E-state index contributed by atoms with van der Waals surface area (Å²) in [5.74, 6) is 0.802. The van der Waals surface area contributed by atoms with Gasteiger partial charge in [0, 0.05) is 18.3 Å². The highest BCUT2D eigenvalue weighted by Gasteiger charge is 2.22. The van der Waals surface area contributed by atoms with Crippen molar-refractivity contribution in [1.82, 2.24) is 4.98 Å². The summed E-state index contributed by atoms with van der Waals surface area (Å²) < 4.78 is 0. The van der Waals surface area contributed by atoms with Crippen LogP contribution in [-0.4, -0.2) is 10.8 Å². The van der Waals surface area contributed by atoms with Crippen LogP contribution in [0, 0.1) is 5.92 Å². The molecule has 14 heavy (non-hydrogen) atoms. The van der Waals surface area contributed by atoms with Crippen molar-refractivity contribution in [2.75, 3.05) is 0 Å². The maximum absolute atomic E-state index is 11.7. The molecule has 1 aromatic heterocycles. The van der Waals surface area contributed by atoms with E-state index in [1.165, 1.54) is 30.6 Å². The molecule has 0 radical (unpaired) electrons. The fraction of sp³-hybridized carbons (Fsp3) is 0.600. The molecule has 1 saturated carbocycles. The zero-order valence-corrected chi connectivity index (χ0v) is 8.85. The molecule has 0 amide bonds. The molecule has 76 valence electrons. The average molecular weight is 210 g/mol. The van der Waals surface area contributed by atoms with Gasteiger partial charge in [0.15, 0.2) is 5.78 Å². The van der Waals surface area contributed by atoms with Crippen molar-refractivity contribution in [3.8, 4) is 0 Å². The van der Waals surface area contributed by atoms with E-state index in [0.29, 0.717) is 24.6 Å². The number of hydrogen-bond acceptors (Lipinski definition) is 4. The second kappa shape index (κ2) is 4.19. The number of hydrogen-bond donors (Lipinski definition) is 1. The molecular weight excluding hydrogens is 196 g/mol. The Hall–Kier alpha value is -0.740. The maximum Gasteiger partial charge on any atom is 0.182 e. The SMILES string of the molecule is NCc1nc(C(=O)CC2CCC2)cs1. The average Bonchev–Trinajstić information content (AvgIpc) is 2.59. The van der Waals surface area contributed by atoms with Gasteiger partial charge >= 0.3 is 0 Å². The highest BCUT2D eigenvalue weighted by Crippen LogP contribution is 2.30. The highest BCUT2D eigenvalue weighted by molar-refractivity contribution is 7.09. The lowest BCUT2D eigenvalue weighted by atomic mass is 9.81. The van der Waals surface area contributed by atoms with Crippen LogP contribution in [0.25, 0.3) is 0 Å². The van der Waals surface area contributed by atoms with E-state index in [-0.39, 0.29) is 5.78 Å². The Bertz CT molecular complexity index is 331. The fourth-order valence-electron chi connectivity index (χ4n) is 1.60. The lowest BCUT2D eigenvalue weighted by Gasteiger charge is -2.23. The molecule has 1 heterocycles. The van der Waals surface area contributed by atoms with Crippen molar-refractivity contribution in [3.63, 3.8) is 0 Å². The van der Waals surface area contributed by atoms with Gasteiger partial charge in [-0.25, -0.2) is 4.98 Å². The van der Waals surface area contributed by atoms with E-state index in [2.05, 4.69) is 4.98 Å². The number of carbonyl (C=O) groups excluding carboxylic acids is 1. The third-order valence-electron chi connectivity index (χ3n) is 2.71. The minimum absolute atomic E-state index is 0.186. The molecule has 3 nitrogen and oxygen atoms in total. The van der Waals surface area contributed by atoms with Crippen LogP contribution < -0.4 is 5.73 Å². The summed E-state index contributed by atoms with van der Waals surface area (Å²) in [5, 5.41) is 2.67. The van der Waals surface area contributed by atoms with Crippen LogP contribution in [0.1, 0.15) is 41.2 Å². The van der Waals surface area contributed by atoms with E-state index in [4.69, 9.17) is 5.73 Å². The second-order valence-corrected chi connectivity index (χ2v) is 4.70. The zero-order chi connectivity index (χ0) is 9.97. The second-order valence-electron chi connectivity index (χ2n) is 3.75. The van der Waals surface area contributed by atoms with Crippen molar-refractivity contribution in [3.05, 3.63) is 16.1 Å². The predicted octanol–water partition coefficient (Wildman–Crippen LogP) is 1.97. The van der Waals surface area contributed by atoms with Gasteiger partial charge in [-0.3, -0.25) is 4.79 Å². The topological polar surface area (TPSA) is 56.0 Å². The van der Waals surface area contributed by atoms with Gasteiger partial charge in [0.2, 0.25) is 0 Å². The molecule has 1 aliphatic rings. The summed E-state index contributed by atoms with van der Waals surface area (Å²) in [6.07, 6.45) is 4.37. The fourth-order valence-corrected chi connectivity index (χ4v) is 2.28. The van der Waals surface area contributed by atoms with Crippen molar-refractivity contribution >= 4 is 17.1 Å². The Morgan fingerprint density at radius 2 is 2.43 bits per heavy atom. The van der Waals surface area contributed by atoms with Gasteiger partial charge < -0.3 is 5.73 Å². The summed E-state index contributed by atoms with van der Waals surface area (Å²) in [5.41, 5.74) is 6.05. The van der Waals surface area contributed by atoms with Crippen LogP contribution in [0.15, 0.2) is 5.38 Å². The minimum Gasteiger partial charge on any atom is -0.325 e. The van der Waals surface area contributed by atoms with E-state index in [1.54, 1.807) is 0 Å². The molecule has 0 aromatic carbocycles. The molecule has 0 spiro atoms. The number of carbonyl (C=O) groups is 1. The van der Waals surface area contributed by atoms with Gasteiger partial charge in [0.25, 0.3) is 0 Å². The molecule has 2 rings (SSSR count). The van der Waals surface area contributed by atoms with E-state index in [1.807, 2.05) is 5.38 Å². The molecule has 4 heteroatoms. The van der Waals surface area contributed by atoms with Crippen LogP contribution in [0.4, 0.5) is 0 Å². The molecule has 1 fully saturated rings. The first-order valence-corrected chi connectivity index (χ1v) is 5.85. The summed E-state index contributed by atoms with van der Waals surface area (Å²) in [6, 6.07) is 0. The first-order chi connectivity index (χ1) is 6.79. The van der Waals surface area contributed by atoms with Crippen LogP contribution in [0.5, 0.6) is 0 Å². The molecule has 0 unspecified atom stereocenters. The van der Waals surface area contributed by atoms with Crippen LogP contribution >= 0.6 is 11.3 Å². The van der Waals surface area contributed by atoms with Gasteiger partial charge in [-0.2, -0.15) is 0 Å². The van der Waals surface area contributed by atoms with Gasteiger partial charge in [0.05, 0.1) is 0 Å². The molecule has 2 N–H and O–H groups in total. The minimum atomic E-state index is 0.186. The van der Waals surface area contributed by atoms with E-state index in [9.17, 15) is 4.79 Å². The Labute approximate surface area is 87.3 Å². The van der Waals surface area contributed by atoms with E-state index in [0.717, 1.165) is 5.01 Å². The summed E-state index contributed by atoms with van der Waals surface area (Å²) >= 11 is 1.47. The Kier molecular flexibility index (Phi) is 2.93. The standard InChI is InChI=1S/C10H14N2OS/c11-5-10-12-8(6-14-10)9(13)4-7-2-1-3-7/h6-7H,1-5,11H2. The van der Waals surface area contributed by atoms with E-state index < -0.39 is 0 Å². The predicted molar refractivity (Wildman–Crippen MR) is 56.3 cm³/mol. The van der Waals surface area contributed by atoms with Gasteiger partial charge in [0.1, 0.15) is 10.7 Å². The number of nitrogens with two attached hydrogens (primary N) is 1. The molecule has 1 aliphatic carbocycles. The number of thiazole rings is 1. The molecule has 0 saturated heterocycles. The van der Waals surface area contributed by atoms with Crippen LogP contribution in [0.2, 0.25) is 0 Å². The Morgan fingerprint density at radius 1 is 1.64 bits per heavy atom. The monoisotopic (exact) mass is 210 g/mol. The molecule has 0 atom stereocenters. The summed E-state index contributed by atoms with van der Waals surface area (Å²) in [6.45, 7) is 0.432.